The van der Waals surface area contributed by atoms with Crippen LogP contribution in [0.1, 0.15) is 28.5 Å². The lowest BCUT2D eigenvalue weighted by molar-refractivity contribution is 0.425. The van der Waals surface area contributed by atoms with E-state index in [-0.39, 0.29) is 5.46 Å². The minimum atomic E-state index is -3.16. The van der Waals surface area contributed by atoms with Gasteiger partial charge < -0.3 is 10.0 Å². The summed E-state index contributed by atoms with van der Waals surface area (Å²) in [6.07, 6.45) is -5.03. The monoisotopic (exact) mass is 172 g/mol. The van der Waals surface area contributed by atoms with Crippen LogP contribution in [0.25, 0.3) is 0 Å². The van der Waals surface area contributed by atoms with E-state index in [2.05, 4.69) is 4.98 Å². The smallest absolute Gasteiger partial charge is 0.423 e. The number of nitrogens with zero attached hydrogens (tertiary/aromatic N) is 1. The summed E-state index contributed by atoms with van der Waals surface area (Å²) < 4.78 is 51.4. The Morgan fingerprint density at radius 3 is 3.00 bits per heavy atom. The van der Waals surface area contributed by atoms with Crippen molar-refractivity contribution >= 4 is 12.6 Å². The van der Waals surface area contributed by atoms with E-state index in [0.717, 1.165) is 18.3 Å². The number of hydrogen-bond acceptors (Lipinski definition) is 3. The zero-order valence-corrected chi connectivity index (χ0v) is 6.15. The highest BCUT2D eigenvalue weighted by atomic mass is 16.4. The molecule has 0 saturated heterocycles. The summed E-state index contributed by atoms with van der Waals surface area (Å²) in [7, 11) is -1.79. The maximum absolute atomic E-state index is 8.86. The van der Waals surface area contributed by atoms with Gasteiger partial charge >= 0.3 is 7.12 Å². The van der Waals surface area contributed by atoms with Crippen LogP contribution in [0.15, 0.2) is 18.3 Å². The molecule has 4 heteroatoms. The van der Waals surface area contributed by atoms with Gasteiger partial charge in [-0.25, -0.2) is 0 Å². The standard InChI is InChI=1S/C8H12BNO2/c1-2-3-8-5-4-7(6-10-8)9(11)12/h4-6,11-12H,2-3H2,1H3/i1D3,2D2,3D2. The van der Waals surface area contributed by atoms with Gasteiger partial charge in [0.1, 0.15) is 0 Å². The van der Waals surface area contributed by atoms with E-state index in [1.807, 2.05) is 0 Å². The van der Waals surface area contributed by atoms with Crippen molar-refractivity contribution in [1.82, 2.24) is 4.98 Å². The fourth-order valence-corrected chi connectivity index (χ4v) is 0.696. The first kappa shape index (κ1) is 3.48. The largest absolute Gasteiger partial charge is 0.490 e. The second-order valence-corrected chi connectivity index (χ2v) is 2.10. The molecule has 3 nitrogen and oxygen atoms in total. The molecule has 1 heterocycles. The fraction of sp³-hybridized carbons (Fsp3) is 0.375. The van der Waals surface area contributed by atoms with Crippen molar-refractivity contribution < 1.29 is 19.6 Å². The van der Waals surface area contributed by atoms with Crippen molar-refractivity contribution in [2.75, 3.05) is 0 Å². The molecule has 1 aromatic heterocycles. The van der Waals surface area contributed by atoms with E-state index in [0.29, 0.717) is 0 Å². The molecular formula is C8H12BNO2. The average Bonchev–Trinajstić information content (AvgIpc) is 2.27. The highest BCUT2D eigenvalue weighted by molar-refractivity contribution is 6.58. The quantitative estimate of drug-likeness (QED) is 0.616. The number of hydrogen-bond donors (Lipinski definition) is 2. The Morgan fingerprint density at radius 2 is 2.50 bits per heavy atom. The van der Waals surface area contributed by atoms with Crippen molar-refractivity contribution in [1.29, 1.82) is 0 Å². The van der Waals surface area contributed by atoms with Crippen molar-refractivity contribution in [2.45, 2.75) is 19.6 Å². The van der Waals surface area contributed by atoms with E-state index in [1.54, 1.807) is 0 Å². The molecule has 0 aliphatic rings. The molecular weight excluding hydrogens is 153 g/mol. The normalized spacial score (nSPS) is 22.0. The summed E-state index contributed by atoms with van der Waals surface area (Å²) in [6.45, 7) is -3.16. The summed E-state index contributed by atoms with van der Waals surface area (Å²) >= 11 is 0. The zero-order chi connectivity index (χ0) is 15.1. The number of pyridine rings is 1. The van der Waals surface area contributed by atoms with Crippen LogP contribution in [-0.2, 0) is 6.37 Å². The molecule has 2 N–H and O–H groups in total. The van der Waals surface area contributed by atoms with E-state index in [1.165, 1.54) is 0 Å². The third-order valence-electron chi connectivity index (χ3n) is 1.28. The molecule has 0 saturated carbocycles. The third kappa shape index (κ3) is 2.32. The van der Waals surface area contributed by atoms with Crippen molar-refractivity contribution in [3.05, 3.63) is 24.0 Å². The Labute approximate surface area is 82.1 Å². The Balaban J connectivity index is 3.20. The van der Waals surface area contributed by atoms with Gasteiger partial charge in [-0.05, 0) is 12.4 Å². The van der Waals surface area contributed by atoms with Crippen molar-refractivity contribution in [3.63, 3.8) is 0 Å². The maximum Gasteiger partial charge on any atom is 0.490 e. The number of aromatic nitrogens is 1. The van der Waals surface area contributed by atoms with Gasteiger partial charge in [-0.15, -0.1) is 0 Å². The van der Waals surface area contributed by atoms with Gasteiger partial charge in [0, 0.05) is 26.9 Å². The lowest BCUT2D eigenvalue weighted by Crippen LogP contribution is -2.30. The molecule has 0 aliphatic heterocycles. The van der Waals surface area contributed by atoms with E-state index in [9.17, 15) is 0 Å². The minimum absolute atomic E-state index is 0.00556. The van der Waals surface area contributed by atoms with Gasteiger partial charge in [0.2, 0.25) is 0 Å². The molecule has 0 bridgehead atoms. The second kappa shape index (κ2) is 4.23. The number of aryl methyl sites for hydroxylation is 1. The molecule has 0 spiro atoms. The van der Waals surface area contributed by atoms with Gasteiger partial charge in [-0.1, -0.05) is 19.3 Å². The van der Waals surface area contributed by atoms with Crippen LogP contribution in [-0.4, -0.2) is 22.2 Å². The summed E-state index contributed by atoms with van der Waals surface area (Å²) in [5.74, 6) is 0. The maximum atomic E-state index is 8.86. The van der Waals surface area contributed by atoms with Gasteiger partial charge in [0.15, 0.2) is 0 Å². The summed E-state index contributed by atoms with van der Waals surface area (Å²) in [5.41, 5.74) is -0.438. The van der Waals surface area contributed by atoms with Crippen molar-refractivity contribution in [3.8, 4) is 0 Å². The third-order valence-corrected chi connectivity index (χ3v) is 1.28. The molecule has 0 radical (unpaired) electrons. The summed E-state index contributed by atoms with van der Waals surface area (Å²) in [5, 5.41) is 17.7. The first-order valence-electron chi connectivity index (χ1n) is 6.74. The molecule has 0 amide bonds. The molecule has 0 fully saturated rings. The Kier molecular flexibility index (Phi) is 1.23. The Morgan fingerprint density at radius 1 is 1.67 bits per heavy atom. The van der Waals surface area contributed by atoms with Gasteiger partial charge in [-0.2, -0.15) is 0 Å². The SMILES string of the molecule is [2H]C([2H])([2H])C([2H])([2H])C([2H])([2H])c1ccc(B(O)O)cn1. The second-order valence-electron chi connectivity index (χ2n) is 2.10. The van der Waals surface area contributed by atoms with E-state index >= 15 is 0 Å². The predicted molar refractivity (Wildman–Crippen MR) is 48.1 cm³/mol. The highest BCUT2D eigenvalue weighted by Gasteiger charge is 2.09. The van der Waals surface area contributed by atoms with Crippen LogP contribution in [0, 0.1) is 0 Å². The molecule has 1 aromatic rings. The molecule has 0 aromatic carbocycles. The molecule has 0 aliphatic carbocycles. The summed E-state index contributed by atoms with van der Waals surface area (Å²) in [4.78, 5) is 3.57. The molecule has 0 unspecified atom stereocenters. The molecule has 1 rings (SSSR count). The molecule has 12 heavy (non-hydrogen) atoms. The number of rotatable bonds is 3. The van der Waals surface area contributed by atoms with Crippen LogP contribution < -0.4 is 5.46 Å². The zero-order valence-electron chi connectivity index (χ0n) is 13.2. The molecule has 0 atom stereocenters. The van der Waals surface area contributed by atoms with Crippen LogP contribution in [0.5, 0.6) is 0 Å². The summed E-state index contributed by atoms with van der Waals surface area (Å²) in [6, 6.07) is 2.17. The highest BCUT2D eigenvalue weighted by Crippen LogP contribution is 1.96. The first-order valence-corrected chi connectivity index (χ1v) is 3.24. The van der Waals surface area contributed by atoms with E-state index in [4.69, 9.17) is 19.6 Å². The van der Waals surface area contributed by atoms with Gasteiger partial charge in [0.25, 0.3) is 0 Å². The van der Waals surface area contributed by atoms with Crippen LogP contribution >= 0.6 is 0 Å². The van der Waals surface area contributed by atoms with Crippen LogP contribution in [0.4, 0.5) is 0 Å². The van der Waals surface area contributed by atoms with E-state index < -0.39 is 32.4 Å². The molecule has 64 valence electrons. The topological polar surface area (TPSA) is 53.4 Å². The Bertz CT molecular complexity index is 445. The van der Waals surface area contributed by atoms with Gasteiger partial charge in [0.05, 0.1) is 0 Å². The predicted octanol–water partition coefficient (Wildman–Crippen LogP) is -0.286. The Hall–Kier alpha value is -0.865. The van der Waals surface area contributed by atoms with Crippen LogP contribution in [0.2, 0.25) is 0 Å². The van der Waals surface area contributed by atoms with Gasteiger partial charge in [-0.3, -0.25) is 4.98 Å². The van der Waals surface area contributed by atoms with Crippen molar-refractivity contribution in [2.24, 2.45) is 0 Å². The fourth-order valence-electron chi connectivity index (χ4n) is 0.696. The first-order chi connectivity index (χ1) is 8.41. The lowest BCUT2D eigenvalue weighted by atomic mass is 9.81. The minimum Gasteiger partial charge on any atom is -0.423 e. The van der Waals surface area contributed by atoms with Crippen LogP contribution in [0.3, 0.4) is 0 Å². The lowest BCUT2D eigenvalue weighted by Gasteiger charge is -2.00. The average molecular weight is 172 g/mol.